The van der Waals surface area contributed by atoms with E-state index in [1.807, 2.05) is 24.3 Å². The molecule has 18 heavy (non-hydrogen) atoms. The summed E-state index contributed by atoms with van der Waals surface area (Å²) in [4.78, 5) is 9.37. The lowest BCUT2D eigenvalue weighted by molar-refractivity contribution is 0.437. The highest BCUT2D eigenvalue weighted by atomic mass is 35.5. The van der Waals surface area contributed by atoms with Crippen LogP contribution in [0.1, 0.15) is 11.3 Å². The molecule has 0 bridgehead atoms. The molecule has 1 aromatic carbocycles. The Morgan fingerprint density at radius 2 is 1.94 bits per heavy atom. The van der Waals surface area contributed by atoms with Crippen molar-refractivity contribution in [3.63, 3.8) is 0 Å². The Morgan fingerprint density at radius 3 is 2.50 bits per heavy atom. The van der Waals surface area contributed by atoms with Crippen molar-refractivity contribution in [2.24, 2.45) is 0 Å². The topological polar surface area (TPSA) is 72.0 Å². The van der Waals surface area contributed by atoms with Gasteiger partial charge in [-0.3, -0.25) is 0 Å². The number of aromatic hydroxyl groups is 1. The molecule has 0 atom stereocenters. The van der Waals surface area contributed by atoms with Gasteiger partial charge in [0.05, 0.1) is 10.6 Å². The van der Waals surface area contributed by atoms with Crippen molar-refractivity contribution in [3.05, 3.63) is 35.5 Å². The van der Waals surface area contributed by atoms with E-state index in [-0.39, 0.29) is 11.8 Å². The van der Waals surface area contributed by atoms with Gasteiger partial charge in [0.1, 0.15) is 0 Å². The predicted octanol–water partition coefficient (Wildman–Crippen LogP) is 2.96. The maximum absolute atomic E-state index is 9.76. The summed E-state index contributed by atoms with van der Waals surface area (Å²) in [5, 5.41) is 9.76. The molecular weight excluding hydrogens is 270 g/mol. The van der Waals surface area contributed by atoms with E-state index in [9.17, 15) is 5.11 Å². The maximum atomic E-state index is 9.76. The number of nitrogen functional groups attached to an aromatic ring is 1. The van der Waals surface area contributed by atoms with E-state index in [2.05, 4.69) is 9.97 Å². The van der Waals surface area contributed by atoms with E-state index in [0.29, 0.717) is 16.5 Å². The second-order valence-corrected chi connectivity index (χ2v) is 5.05. The highest BCUT2D eigenvalue weighted by Gasteiger charge is 2.11. The minimum atomic E-state index is -0.0913. The molecule has 0 saturated heterocycles. The van der Waals surface area contributed by atoms with Crippen molar-refractivity contribution in [3.8, 4) is 5.88 Å². The third kappa shape index (κ3) is 2.86. The number of nitrogens with zero attached hydrogens (tertiary/aromatic N) is 2. The first-order valence-electron chi connectivity index (χ1n) is 5.26. The molecular formula is C12H12ClN3OS. The van der Waals surface area contributed by atoms with E-state index in [1.54, 1.807) is 6.92 Å². The van der Waals surface area contributed by atoms with E-state index in [0.717, 1.165) is 10.5 Å². The van der Waals surface area contributed by atoms with Crippen molar-refractivity contribution in [2.75, 3.05) is 5.73 Å². The molecule has 0 aliphatic heterocycles. The molecule has 0 amide bonds. The summed E-state index contributed by atoms with van der Waals surface area (Å²) in [6, 6.07) is 7.77. The summed E-state index contributed by atoms with van der Waals surface area (Å²) in [5.41, 5.74) is 7.16. The zero-order chi connectivity index (χ0) is 13.1. The van der Waals surface area contributed by atoms with Crippen LogP contribution in [-0.2, 0) is 5.88 Å². The molecule has 0 fully saturated rings. The first-order valence-corrected chi connectivity index (χ1v) is 6.61. The van der Waals surface area contributed by atoms with Crippen LogP contribution in [0.25, 0.3) is 0 Å². The number of aryl methyl sites for hydroxylation is 1. The van der Waals surface area contributed by atoms with Gasteiger partial charge in [0.2, 0.25) is 11.8 Å². The molecule has 6 heteroatoms. The fraction of sp³-hybridized carbons (Fsp3) is 0.167. The molecule has 4 nitrogen and oxygen atoms in total. The lowest BCUT2D eigenvalue weighted by atomic mass is 10.2. The molecule has 0 saturated carbocycles. The summed E-state index contributed by atoms with van der Waals surface area (Å²) < 4.78 is 0. The molecule has 0 aliphatic carbocycles. The molecule has 94 valence electrons. The summed E-state index contributed by atoms with van der Waals surface area (Å²) >= 11 is 7.12. The average Bonchev–Trinajstić information content (AvgIpc) is 2.34. The third-order valence-corrected chi connectivity index (χ3v) is 3.83. The highest BCUT2D eigenvalue weighted by molar-refractivity contribution is 7.99. The number of halogens is 1. The molecule has 0 spiro atoms. The van der Waals surface area contributed by atoms with E-state index >= 15 is 0 Å². The smallest absolute Gasteiger partial charge is 0.230 e. The Labute approximate surface area is 114 Å². The van der Waals surface area contributed by atoms with Crippen LogP contribution in [0.2, 0.25) is 0 Å². The minimum Gasteiger partial charge on any atom is -0.492 e. The van der Waals surface area contributed by atoms with Crippen LogP contribution in [0.4, 0.5) is 5.95 Å². The molecule has 0 unspecified atom stereocenters. The maximum Gasteiger partial charge on any atom is 0.230 e. The summed E-state index contributed by atoms with van der Waals surface area (Å²) in [6.07, 6.45) is 0. The van der Waals surface area contributed by atoms with E-state index in [1.165, 1.54) is 11.8 Å². The number of alkyl halides is 1. The Morgan fingerprint density at radius 1 is 1.28 bits per heavy atom. The second kappa shape index (κ2) is 5.46. The fourth-order valence-corrected chi connectivity index (χ4v) is 2.47. The van der Waals surface area contributed by atoms with Crippen molar-refractivity contribution in [2.45, 2.75) is 22.6 Å². The van der Waals surface area contributed by atoms with Gasteiger partial charge in [-0.05, 0) is 24.6 Å². The lowest BCUT2D eigenvalue weighted by Crippen LogP contribution is -1.98. The minimum absolute atomic E-state index is 0.0758. The largest absolute Gasteiger partial charge is 0.492 e. The quantitative estimate of drug-likeness (QED) is 0.846. The predicted molar refractivity (Wildman–Crippen MR) is 73.0 cm³/mol. The number of hydrogen-bond acceptors (Lipinski definition) is 5. The molecule has 1 heterocycles. The number of benzene rings is 1. The van der Waals surface area contributed by atoms with Crippen LogP contribution in [0.15, 0.2) is 34.1 Å². The first kappa shape index (κ1) is 13.0. The van der Waals surface area contributed by atoms with Crippen LogP contribution in [0.3, 0.4) is 0 Å². The van der Waals surface area contributed by atoms with Crippen LogP contribution in [-0.4, -0.2) is 15.1 Å². The Bertz CT molecular complexity index is 537. The zero-order valence-electron chi connectivity index (χ0n) is 9.72. The number of anilines is 1. The number of nitrogens with two attached hydrogens (primary N) is 1. The van der Waals surface area contributed by atoms with Gasteiger partial charge in [-0.25, -0.2) is 4.98 Å². The average molecular weight is 282 g/mol. The van der Waals surface area contributed by atoms with Gasteiger partial charge in [0.15, 0.2) is 0 Å². The summed E-state index contributed by atoms with van der Waals surface area (Å²) in [7, 11) is 0. The van der Waals surface area contributed by atoms with Gasteiger partial charge in [0, 0.05) is 10.8 Å². The van der Waals surface area contributed by atoms with Crippen molar-refractivity contribution in [1.82, 2.24) is 9.97 Å². The summed E-state index contributed by atoms with van der Waals surface area (Å²) in [6.45, 7) is 1.78. The molecule has 0 aliphatic rings. The highest BCUT2D eigenvalue weighted by Crippen LogP contribution is 2.35. The lowest BCUT2D eigenvalue weighted by Gasteiger charge is -2.07. The van der Waals surface area contributed by atoms with Crippen LogP contribution < -0.4 is 5.73 Å². The van der Waals surface area contributed by atoms with E-state index < -0.39 is 0 Å². The Balaban J connectivity index is 2.28. The molecule has 1 aromatic heterocycles. The van der Waals surface area contributed by atoms with Gasteiger partial charge in [0.25, 0.3) is 0 Å². The fourth-order valence-electron chi connectivity index (χ4n) is 1.45. The number of rotatable bonds is 3. The normalized spacial score (nSPS) is 10.6. The van der Waals surface area contributed by atoms with Gasteiger partial charge in [-0.2, -0.15) is 4.98 Å². The zero-order valence-corrected chi connectivity index (χ0v) is 11.3. The van der Waals surface area contributed by atoms with Crippen molar-refractivity contribution in [1.29, 1.82) is 0 Å². The molecule has 2 rings (SSSR count). The standard InChI is InChI=1S/C12H12ClN3OS/c1-7-10(11(17)16-12(14)15-7)18-9-4-2-8(6-13)3-5-9/h2-5H,6H2,1H3,(H3,14,15,16,17). The van der Waals surface area contributed by atoms with Crippen molar-refractivity contribution >= 4 is 29.3 Å². The Hall–Kier alpha value is -1.46. The van der Waals surface area contributed by atoms with Gasteiger partial charge in [-0.1, -0.05) is 23.9 Å². The van der Waals surface area contributed by atoms with Crippen molar-refractivity contribution < 1.29 is 5.11 Å². The summed E-state index contributed by atoms with van der Waals surface area (Å²) in [5.74, 6) is 0.471. The SMILES string of the molecule is Cc1nc(N)nc(O)c1Sc1ccc(CCl)cc1. The first-order chi connectivity index (χ1) is 8.60. The number of hydrogen-bond donors (Lipinski definition) is 2. The van der Waals surface area contributed by atoms with Gasteiger partial charge >= 0.3 is 0 Å². The monoisotopic (exact) mass is 281 g/mol. The molecule has 2 aromatic rings. The van der Waals surface area contributed by atoms with E-state index in [4.69, 9.17) is 17.3 Å². The van der Waals surface area contributed by atoms with Gasteiger partial charge in [-0.15, -0.1) is 11.6 Å². The molecule has 3 N–H and O–H groups in total. The Kier molecular flexibility index (Phi) is 3.93. The number of aromatic nitrogens is 2. The third-order valence-electron chi connectivity index (χ3n) is 2.33. The van der Waals surface area contributed by atoms with Crippen LogP contribution >= 0.6 is 23.4 Å². The van der Waals surface area contributed by atoms with Crippen LogP contribution in [0.5, 0.6) is 5.88 Å². The molecule has 0 radical (unpaired) electrons. The van der Waals surface area contributed by atoms with Crippen LogP contribution in [0, 0.1) is 6.92 Å². The van der Waals surface area contributed by atoms with Gasteiger partial charge < -0.3 is 10.8 Å². The second-order valence-electron chi connectivity index (χ2n) is 3.70.